The van der Waals surface area contributed by atoms with Crippen LogP contribution >= 0.6 is 0 Å². The number of imide groups is 1. The van der Waals surface area contributed by atoms with Crippen molar-refractivity contribution in [3.8, 4) is 0 Å². The number of likely N-dealkylation sites (tertiary alicyclic amines) is 1. The molecule has 2 atom stereocenters. The maximum Gasteiger partial charge on any atom is 0.242 e. The summed E-state index contributed by atoms with van der Waals surface area (Å²) in [4.78, 5) is 49.6. The fourth-order valence-corrected chi connectivity index (χ4v) is 3.70. The number of hydrogen-bond acceptors (Lipinski definition) is 4. The van der Waals surface area contributed by atoms with Gasteiger partial charge in [0.05, 0.1) is 18.3 Å². The molecule has 2 fully saturated rings. The second kappa shape index (κ2) is 8.28. The number of nitrogens with one attached hydrogen (secondary N) is 2. The maximum absolute atomic E-state index is 12.8. The van der Waals surface area contributed by atoms with Crippen molar-refractivity contribution < 1.29 is 23.6 Å². The third-order valence-corrected chi connectivity index (χ3v) is 5.11. The number of carbonyl (C=O) groups excluding carboxylic acids is 4. The summed E-state index contributed by atoms with van der Waals surface area (Å²) < 4.78 is 12.8. The Morgan fingerprint density at radius 1 is 0.963 bits per heavy atom. The molecule has 1 aromatic rings. The third kappa shape index (κ3) is 4.50. The number of benzene rings is 1. The SMILES string of the molecule is O=C(CCN1C(=O)[C@H]2CCCC[C@H]2C1=O)NNC(=O)Cc1ccc(F)cc1. The van der Waals surface area contributed by atoms with Gasteiger partial charge in [-0.25, -0.2) is 4.39 Å². The van der Waals surface area contributed by atoms with Crippen LogP contribution in [0.5, 0.6) is 0 Å². The molecular weight excluding hydrogens is 353 g/mol. The van der Waals surface area contributed by atoms with Crippen LogP contribution in [0.25, 0.3) is 0 Å². The number of carbonyl (C=O) groups is 4. The largest absolute Gasteiger partial charge is 0.282 e. The van der Waals surface area contributed by atoms with E-state index in [9.17, 15) is 23.6 Å². The lowest BCUT2D eigenvalue weighted by molar-refractivity contribution is -0.140. The van der Waals surface area contributed by atoms with E-state index in [2.05, 4.69) is 10.9 Å². The number of rotatable bonds is 5. The van der Waals surface area contributed by atoms with Crippen molar-refractivity contribution in [2.75, 3.05) is 6.54 Å². The quantitative estimate of drug-likeness (QED) is 0.595. The number of hydrazine groups is 1. The molecule has 0 bridgehead atoms. The Balaban J connectivity index is 1.42. The van der Waals surface area contributed by atoms with E-state index in [1.165, 1.54) is 29.2 Å². The Kier molecular flexibility index (Phi) is 5.83. The van der Waals surface area contributed by atoms with E-state index in [0.717, 1.165) is 25.7 Å². The molecule has 1 heterocycles. The molecule has 1 aliphatic heterocycles. The molecule has 8 heteroatoms. The molecule has 1 aliphatic carbocycles. The van der Waals surface area contributed by atoms with E-state index < -0.39 is 17.6 Å². The predicted molar refractivity (Wildman–Crippen MR) is 93.2 cm³/mol. The Labute approximate surface area is 156 Å². The van der Waals surface area contributed by atoms with Crippen LogP contribution in [0.15, 0.2) is 24.3 Å². The lowest BCUT2D eigenvalue weighted by atomic mass is 9.81. The smallest absolute Gasteiger partial charge is 0.242 e. The molecule has 1 saturated heterocycles. The monoisotopic (exact) mass is 375 g/mol. The van der Waals surface area contributed by atoms with Gasteiger partial charge in [-0.05, 0) is 30.5 Å². The molecule has 1 saturated carbocycles. The van der Waals surface area contributed by atoms with Gasteiger partial charge in [0.2, 0.25) is 23.6 Å². The molecule has 2 aliphatic rings. The van der Waals surface area contributed by atoms with Gasteiger partial charge in [-0.3, -0.25) is 34.9 Å². The Bertz CT molecular complexity index is 726. The number of fused-ring (bicyclic) bond motifs is 1. The van der Waals surface area contributed by atoms with Crippen LogP contribution in [-0.4, -0.2) is 35.1 Å². The second-order valence-electron chi connectivity index (χ2n) is 6.98. The highest BCUT2D eigenvalue weighted by Crippen LogP contribution is 2.37. The van der Waals surface area contributed by atoms with Gasteiger partial charge in [0, 0.05) is 13.0 Å². The summed E-state index contributed by atoms with van der Waals surface area (Å²) >= 11 is 0. The maximum atomic E-state index is 12.8. The van der Waals surface area contributed by atoms with Crippen molar-refractivity contribution in [2.24, 2.45) is 11.8 Å². The Morgan fingerprint density at radius 2 is 1.52 bits per heavy atom. The number of amides is 4. The molecule has 3 rings (SSSR count). The molecule has 4 amide bonds. The van der Waals surface area contributed by atoms with Gasteiger partial charge in [0.15, 0.2) is 0 Å². The first-order chi connectivity index (χ1) is 13.0. The van der Waals surface area contributed by atoms with Crippen molar-refractivity contribution in [2.45, 2.75) is 38.5 Å². The molecule has 0 aromatic heterocycles. The van der Waals surface area contributed by atoms with Crippen molar-refractivity contribution >= 4 is 23.6 Å². The standard InChI is InChI=1S/C19H22FN3O4/c20-13-7-5-12(6-8-13)11-17(25)22-21-16(24)9-10-23-18(26)14-3-1-2-4-15(14)19(23)27/h5-8,14-15H,1-4,9-11H2,(H,21,24)(H,22,25)/t14-,15+. The first-order valence-electron chi connectivity index (χ1n) is 9.13. The van der Waals surface area contributed by atoms with E-state index in [0.29, 0.717) is 5.56 Å². The molecule has 1 aromatic carbocycles. The van der Waals surface area contributed by atoms with Crippen molar-refractivity contribution in [1.29, 1.82) is 0 Å². The highest BCUT2D eigenvalue weighted by Gasteiger charge is 2.47. The zero-order valence-corrected chi connectivity index (χ0v) is 14.9. The highest BCUT2D eigenvalue weighted by atomic mass is 19.1. The van der Waals surface area contributed by atoms with Crippen LogP contribution in [0, 0.1) is 17.7 Å². The molecule has 144 valence electrons. The second-order valence-corrected chi connectivity index (χ2v) is 6.98. The molecule has 0 radical (unpaired) electrons. The van der Waals surface area contributed by atoms with E-state index in [4.69, 9.17) is 0 Å². The summed E-state index contributed by atoms with van der Waals surface area (Å²) in [5.74, 6) is -2.16. The average Bonchev–Trinajstić information content (AvgIpc) is 2.91. The van der Waals surface area contributed by atoms with Crippen LogP contribution in [-0.2, 0) is 25.6 Å². The van der Waals surface area contributed by atoms with E-state index in [1.807, 2.05) is 0 Å². The first kappa shape index (κ1) is 19.0. The number of nitrogens with zero attached hydrogens (tertiary/aromatic N) is 1. The molecule has 0 unspecified atom stereocenters. The summed E-state index contributed by atoms with van der Waals surface area (Å²) in [6.45, 7) is 0.0182. The summed E-state index contributed by atoms with van der Waals surface area (Å²) in [7, 11) is 0. The molecule has 0 spiro atoms. The third-order valence-electron chi connectivity index (χ3n) is 5.11. The van der Waals surface area contributed by atoms with Gasteiger partial charge < -0.3 is 0 Å². The summed E-state index contributed by atoms with van der Waals surface area (Å²) in [5.41, 5.74) is 5.15. The van der Waals surface area contributed by atoms with E-state index >= 15 is 0 Å². The van der Waals surface area contributed by atoms with Crippen molar-refractivity contribution in [3.63, 3.8) is 0 Å². The summed E-state index contributed by atoms with van der Waals surface area (Å²) in [6, 6.07) is 5.48. The molecule has 27 heavy (non-hydrogen) atoms. The molecular formula is C19H22FN3O4. The first-order valence-corrected chi connectivity index (χ1v) is 9.13. The summed E-state index contributed by atoms with van der Waals surface area (Å²) in [5, 5.41) is 0. The number of hydrogen-bond donors (Lipinski definition) is 2. The zero-order chi connectivity index (χ0) is 19.4. The van der Waals surface area contributed by atoms with E-state index in [1.54, 1.807) is 0 Å². The number of halogens is 1. The zero-order valence-electron chi connectivity index (χ0n) is 14.9. The van der Waals surface area contributed by atoms with Gasteiger partial charge in [-0.1, -0.05) is 25.0 Å². The Hall–Kier alpha value is -2.77. The van der Waals surface area contributed by atoms with Crippen LogP contribution in [0.2, 0.25) is 0 Å². The minimum Gasteiger partial charge on any atom is -0.282 e. The van der Waals surface area contributed by atoms with Crippen molar-refractivity contribution in [1.82, 2.24) is 15.8 Å². The van der Waals surface area contributed by atoms with Crippen LogP contribution in [0.4, 0.5) is 4.39 Å². The lowest BCUT2D eigenvalue weighted by Gasteiger charge is -2.19. The van der Waals surface area contributed by atoms with Crippen LogP contribution in [0.1, 0.15) is 37.7 Å². The van der Waals surface area contributed by atoms with Gasteiger partial charge in [0.1, 0.15) is 5.82 Å². The fraction of sp³-hybridized carbons (Fsp3) is 0.474. The van der Waals surface area contributed by atoms with Gasteiger partial charge >= 0.3 is 0 Å². The lowest BCUT2D eigenvalue weighted by Crippen LogP contribution is -2.44. The van der Waals surface area contributed by atoms with Crippen LogP contribution < -0.4 is 10.9 Å². The highest BCUT2D eigenvalue weighted by molar-refractivity contribution is 6.05. The molecule has 7 nitrogen and oxygen atoms in total. The fourth-order valence-electron chi connectivity index (χ4n) is 3.70. The van der Waals surface area contributed by atoms with E-state index in [-0.39, 0.29) is 43.0 Å². The predicted octanol–water partition coefficient (Wildman–Crippen LogP) is 1.08. The Morgan fingerprint density at radius 3 is 2.11 bits per heavy atom. The minimum absolute atomic E-state index is 0.00693. The molecule has 2 N–H and O–H groups in total. The minimum atomic E-state index is -0.488. The van der Waals surface area contributed by atoms with Crippen molar-refractivity contribution in [3.05, 3.63) is 35.6 Å². The average molecular weight is 375 g/mol. The normalized spacial score (nSPS) is 21.7. The topological polar surface area (TPSA) is 95.6 Å². The van der Waals surface area contributed by atoms with Gasteiger partial charge in [-0.15, -0.1) is 0 Å². The van der Waals surface area contributed by atoms with Gasteiger partial charge in [-0.2, -0.15) is 0 Å². The van der Waals surface area contributed by atoms with Crippen LogP contribution in [0.3, 0.4) is 0 Å². The van der Waals surface area contributed by atoms with Gasteiger partial charge in [0.25, 0.3) is 0 Å². The summed E-state index contributed by atoms with van der Waals surface area (Å²) in [6.07, 6.45) is 3.29.